The lowest BCUT2D eigenvalue weighted by Crippen LogP contribution is -2.01. The lowest BCUT2D eigenvalue weighted by atomic mass is 10.1. The second kappa shape index (κ2) is 7.26. The number of carbonyl (C=O) groups is 1. The maximum Gasteiger partial charge on any atom is 0.328 e. The van der Waals surface area contributed by atoms with Crippen molar-refractivity contribution in [1.82, 2.24) is 0 Å². The van der Waals surface area contributed by atoms with Crippen LogP contribution in [0, 0.1) is 0 Å². The molecule has 0 atom stereocenters. The van der Waals surface area contributed by atoms with Gasteiger partial charge in [0, 0.05) is 18.1 Å². The molecule has 1 aromatic carbocycles. The second-order valence-corrected chi connectivity index (χ2v) is 4.11. The molecular weight excluding hydrogens is 244 g/mol. The molecule has 19 heavy (non-hydrogen) atoms. The first kappa shape index (κ1) is 14.8. The van der Waals surface area contributed by atoms with E-state index in [1.54, 1.807) is 25.3 Å². The van der Waals surface area contributed by atoms with Gasteiger partial charge in [0.2, 0.25) is 0 Å². The summed E-state index contributed by atoms with van der Waals surface area (Å²) < 4.78 is 10.9. The molecular formula is C15H18O4. The number of benzene rings is 1. The summed E-state index contributed by atoms with van der Waals surface area (Å²) in [6.07, 6.45) is 3.29. The van der Waals surface area contributed by atoms with Crippen LogP contribution >= 0.6 is 0 Å². The number of carboxylic acids is 1. The Balaban J connectivity index is 2.95. The van der Waals surface area contributed by atoms with E-state index in [1.807, 2.05) is 6.92 Å². The predicted molar refractivity (Wildman–Crippen MR) is 74.6 cm³/mol. The minimum atomic E-state index is -1.00. The Morgan fingerprint density at radius 2 is 2.21 bits per heavy atom. The first-order valence-electron chi connectivity index (χ1n) is 5.89. The molecule has 0 saturated carbocycles. The van der Waals surface area contributed by atoms with Gasteiger partial charge in [-0.2, -0.15) is 0 Å². The van der Waals surface area contributed by atoms with Crippen molar-refractivity contribution in [1.29, 1.82) is 0 Å². The van der Waals surface area contributed by atoms with Crippen LogP contribution < -0.4 is 9.47 Å². The van der Waals surface area contributed by atoms with E-state index in [0.29, 0.717) is 23.7 Å². The highest BCUT2D eigenvalue weighted by Gasteiger charge is 2.08. The fourth-order valence-electron chi connectivity index (χ4n) is 1.47. The van der Waals surface area contributed by atoms with Crippen LogP contribution in [0.1, 0.15) is 18.9 Å². The molecule has 0 saturated heterocycles. The molecule has 1 aromatic rings. The Labute approximate surface area is 113 Å². The number of rotatable bonds is 7. The zero-order chi connectivity index (χ0) is 14.3. The molecule has 1 N–H and O–H groups in total. The Bertz CT molecular complexity index is 489. The molecule has 0 heterocycles. The van der Waals surface area contributed by atoms with Crippen LogP contribution in [0.2, 0.25) is 0 Å². The molecule has 0 aromatic heterocycles. The van der Waals surface area contributed by atoms with E-state index in [1.165, 1.54) is 6.08 Å². The fourth-order valence-corrected chi connectivity index (χ4v) is 1.47. The summed E-state index contributed by atoms with van der Waals surface area (Å²) in [4.78, 5) is 10.6. The van der Waals surface area contributed by atoms with Crippen molar-refractivity contribution in [2.45, 2.75) is 13.3 Å². The number of methoxy groups -OCH3 is 1. The summed E-state index contributed by atoms with van der Waals surface area (Å²) in [7, 11) is 1.55. The Morgan fingerprint density at radius 1 is 1.47 bits per heavy atom. The van der Waals surface area contributed by atoms with Crippen molar-refractivity contribution in [3.05, 3.63) is 42.0 Å². The molecule has 4 nitrogen and oxygen atoms in total. The summed E-state index contributed by atoms with van der Waals surface area (Å²) in [5.41, 5.74) is 1.70. The van der Waals surface area contributed by atoms with Gasteiger partial charge < -0.3 is 14.6 Å². The van der Waals surface area contributed by atoms with E-state index >= 15 is 0 Å². The standard InChI is InChI=1S/C15H18O4/c1-11(2)9-10-19-15-12(7-8-14(16)17)5-4-6-13(15)18-3/h4-8H,1,9-10H2,2-3H3,(H,16,17)/b8-7+. The van der Waals surface area contributed by atoms with Crippen molar-refractivity contribution in [3.63, 3.8) is 0 Å². The van der Waals surface area contributed by atoms with Gasteiger partial charge in [0.25, 0.3) is 0 Å². The first-order chi connectivity index (χ1) is 9.04. The van der Waals surface area contributed by atoms with E-state index in [0.717, 1.165) is 18.1 Å². The zero-order valence-electron chi connectivity index (χ0n) is 11.2. The maximum atomic E-state index is 10.6. The van der Waals surface area contributed by atoms with Gasteiger partial charge >= 0.3 is 5.97 Å². The molecule has 0 aliphatic rings. The first-order valence-corrected chi connectivity index (χ1v) is 5.89. The number of hydrogen-bond donors (Lipinski definition) is 1. The highest BCUT2D eigenvalue weighted by atomic mass is 16.5. The van der Waals surface area contributed by atoms with Crippen LogP contribution in [0.25, 0.3) is 6.08 Å². The van der Waals surface area contributed by atoms with Gasteiger partial charge in [-0.1, -0.05) is 17.7 Å². The zero-order valence-corrected chi connectivity index (χ0v) is 11.2. The van der Waals surface area contributed by atoms with E-state index in [-0.39, 0.29) is 0 Å². The molecule has 102 valence electrons. The quantitative estimate of drug-likeness (QED) is 0.606. The van der Waals surface area contributed by atoms with Crippen molar-refractivity contribution < 1.29 is 19.4 Å². The lowest BCUT2D eigenvalue weighted by molar-refractivity contribution is -0.131. The van der Waals surface area contributed by atoms with Gasteiger partial charge in [-0.3, -0.25) is 0 Å². The van der Waals surface area contributed by atoms with Crippen molar-refractivity contribution in [2.24, 2.45) is 0 Å². The van der Waals surface area contributed by atoms with Gasteiger partial charge in [-0.05, 0) is 19.1 Å². The Kier molecular flexibility index (Phi) is 5.67. The summed E-state index contributed by atoms with van der Waals surface area (Å²) in [5, 5.41) is 8.67. The average Bonchev–Trinajstić information content (AvgIpc) is 2.36. The fraction of sp³-hybridized carbons (Fsp3) is 0.267. The normalized spacial score (nSPS) is 10.4. The van der Waals surface area contributed by atoms with Crippen molar-refractivity contribution >= 4 is 12.0 Å². The largest absolute Gasteiger partial charge is 0.493 e. The van der Waals surface area contributed by atoms with Crippen LogP contribution in [-0.4, -0.2) is 24.8 Å². The van der Waals surface area contributed by atoms with E-state index in [9.17, 15) is 4.79 Å². The Morgan fingerprint density at radius 3 is 2.79 bits per heavy atom. The van der Waals surface area contributed by atoms with E-state index in [4.69, 9.17) is 14.6 Å². The van der Waals surface area contributed by atoms with Gasteiger partial charge in [0.1, 0.15) is 0 Å². The minimum absolute atomic E-state index is 0.476. The highest BCUT2D eigenvalue weighted by molar-refractivity contribution is 5.86. The second-order valence-electron chi connectivity index (χ2n) is 4.11. The minimum Gasteiger partial charge on any atom is -0.493 e. The third-order valence-electron chi connectivity index (χ3n) is 2.41. The summed E-state index contributed by atoms with van der Waals surface area (Å²) in [5.74, 6) is 0.119. The van der Waals surface area contributed by atoms with Gasteiger partial charge in [-0.15, -0.1) is 6.58 Å². The molecule has 0 bridgehead atoms. The van der Waals surface area contributed by atoms with Crippen LogP contribution in [0.5, 0.6) is 11.5 Å². The number of para-hydroxylation sites is 1. The SMILES string of the molecule is C=C(C)CCOc1c(/C=C/C(=O)O)cccc1OC. The monoisotopic (exact) mass is 262 g/mol. The maximum absolute atomic E-state index is 10.6. The molecule has 0 unspecified atom stereocenters. The molecule has 0 amide bonds. The van der Waals surface area contributed by atoms with Crippen LogP contribution in [-0.2, 0) is 4.79 Å². The number of aliphatic carboxylic acids is 1. The number of hydrogen-bond acceptors (Lipinski definition) is 3. The molecule has 0 fully saturated rings. The van der Waals surface area contributed by atoms with Crippen LogP contribution in [0.15, 0.2) is 36.4 Å². The molecule has 0 radical (unpaired) electrons. The predicted octanol–water partition coefficient (Wildman–Crippen LogP) is 3.14. The van der Waals surface area contributed by atoms with Gasteiger partial charge in [-0.25, -0.2) is 4.79 Å². The third-order valence-corrected chi connectivity index (χ3v) is 2.41. The Hall–Kier alpha value is -2.23. The molecule has 0 aliphatic heterocycles. The van der Waals surface area contributed by atoms with Crippen molar-refractivity contribution in [2.75, 3.05) is 13.7 Å². The highest BCUT2D eigenvalue weighted by Crippen LogP contribution is 2.32. The van der Waals surface area contributed by atoms with Gasteiger partial charge in [0.05, 0.1) is 13.7 Å². The number of carboxylic acid groups (broad SMARTS) is 1. The summed E-state index contributed by atoms with van der Waals surface area (Å²) >= 11 is 0. The number of ether oxygens (including phenoxy) is 2. The third kappa shape index (κ3) is 4.87. The van der Waals surface area contributed by atoms with Gasteiger partial charge in [0.15, 0.2) is 11.5 Å². The van der Waals surface area contributed by atoms with E-state index in [2.05, 4.69) is 6.58 Å². The topological polar surface area (TPSA) is 55.8 Å². The summed E-state index contributed by atoms with van der Waals surface area (Å²) in [6, 6.07) is 5.33. The molecule has 0 spiro atoms. The molecule has 0 aliphatic carbocycles. The van der Waals surface area contributed by atoms with Crippen LogP contribution in [0.4, 0.5) is 0 Å². The van der Waals surface area contributed by atoms with Crippen LogP contribution in [0.3, 0.4) is 0 Å². The smallest absolute Gasteiger partial charge is 0.328 e. The molecule has 1 rings (SSSR count). The summed E-state index contributed by atoms with van der Waals surface area (Å²) in [6.45, 7) is 6.21. The lowest BCUT2D eigenvalue weighted by Gasteiger charge is -2.13. The van der Waals surface area contributed by atoms with Crippen molar-refractivity contribution in [3.8, 4) is 11.5 Å². The molecule has 4 heteroatoms. The average molecular weight is 262 g/mol. The van der Waals surface area contributed by atoms with E-state index < -0.39 is 5.97 Å².